The van der Waals surface area contributed by atoms with E-state index in [-0.39, 0.29) is 12.5 Å². The number of hydrogen-bond donors (Lipinski definition) is 1. The zero-order valence-corrected chi connectivity index (χ0v) is 10.9. The Bertz CT molecular complexity index is 388. The Morgan fingerprint density at radius 2 is 2.00 bits per heavy atom. The molecule has 0 bridgehead atoms. The fourth-order valence-electron chi connectivity index (χ4n) is 1.69. The highest BCUT2D eigenvalue weighted by atomic mass is 16.3. The first-order valence-corrected chi connectivity index (χ1v) is 5.95. The van der Waals surface area contributed by atoms with Crippen molar-refractivity contribution in [3.8, 4) is 0 Å². The Morgan fingerprint density at radius 1 is 1.29 bits per heavy atom. The Balaban J connectivity index is 2.58. The molecule has 0 aliphatic rings. The Morgan fingerprint density at radius 3 is 2.59 bits per heavy atom. The zero-order chi connectivity index (χ0) is 12.8. The molecule has 1 N–H and O–H groups in total. The molecule has 1 amide bonds. The Labute approximate surface area is 103 Å². The maximum absolute atomic E-state index is 11.7. The highest BCUT2D eigenvalue weighted by Gasteiger charge is 2.08. The van der Waals surface area contributed by atoms with Crippen molar-refractivity contribution in [1.29, 1.82) is 0 Å². The first-order chi connectivity index (χ1) is 8.04. The fraction of sp³-hybridized carbons (Fsp3) is 0.500. The molecule has 3 nitrogen and oxygen atoms in total. The van der Waals surface area contributed by atoms with Crippen LogP contribution in [0.3, 0.4) is 0 Å². The van der Waals surface area contributed by atoms with Crippen LogP contribution < -0.4 is 0 Å². The van der Waals surface area contributed by atoms with Crippen molar-refractivity contribution >= 4 is 5.91 Å². The molecular formula is C14H21NO2. The second-order valence-corrected chi connectivity index (χ2v) is 4.50. The average molecular weight is 235 g/mol. The van der Waals surface area contributed by atoms with E-state index in [4.69, 9.17) is 5.11 Å². The van der Waals surface area contributed by atoms with E-state index in [2.05, 4.69) is 32.0 Å². The molecule has 0 fully saturated rings. The van der Waals surface area contributed by atoms with E-state index in [1.54, 1.807) is 11.9 Å². The van der Waals surface area contributed by atoms with Crippen molar-refractivity contribution < 1.29 is 9.90 Å². The Hall–Kier alpha value is -1.35. The molecule has 3 heteroatoms. The smallest absolute Gasteiger partial charge is 0.222 e. The molecule has 0 unspecified atom stereocenters. The number of benzene rings is 1. The lowest BCUT2D eigenvalue weighted by Crippen LogP contribution is -2.26. The summed E-state index contributed by atoms with van der Waals surface area (Å²) in [6.45, 7) is 4.86. The number of rotatable bonds is 5. The van der Waals surface area contributed by atoms with E-state index in [1.165, 1.54) is 11.1 Å². The molecule has 0 aliphatic carbocycles. The number of nitrogens with zero attached hydrogens (tertiary/aromatic N) is 1. The van der Waals surface area contributed by atoms with E-state index >= 15 is 0 Å². The van der Waals surface area contributed by atoms with Crippen LogP contribution >= 0.6 is 0 Å². The van der Waals surface area contributed by atoms with Crippen LogP contribution in [0.1, 0.15) is 29.5 Å². The van der Waals surface area contributed by atoms with Gasteiger partial charge in [0.1, 0.15) is 0 Å². The topological polar surface area (TPSA) is 40.5 Å². The summed E-state index contributed by atoms with van der Waals surface area (Å²) in [5.74, 6) is 0.0808. The molecule has 94 valence electrons. The van der Waals surface area contributed by atoms with E-state index in [0.717, 1.165) is 5.56 Å². The summed E-state index contributed by atoms with van der Waals surface area (Å²) in [7, 11) is 1.80. The van der Waals surface area contributed by atoms with Crippen molar-refractivity contribution in [2.75, 3.05) is 13.7 Å². The highest BCUT2D eigenvalue weighted by molar-refractivity contribution is 5.75. The number of carbonyl (C=O) groups excluding carboxylic acids is 1. The van der Waals surface area contributed by atoms with Crippen LogP contribution in [0.25, 0.3) is 0 Å². The van der Waals surface area contributed by atoms with Gasteiger partial charge in [-0.15, -0.1) is 0 Å². The van der Waals surface area contributed by atoms with Crippen molar-refractivity contribution in [2.24, 2.45) is 0 Å². The van der Waals surface area contributed by atoms with Crippen molar-refractivity contribution in [3.63, 3.8) is 0 Å². The number of amides is 1. The van der Waals surface area contributed by atoms with Gasteiger partial charge >= 0.3 is 0 Å². The molecule has 17 heavy (non-hydrogen) atoms. The molecule has 0 radical (unpaired) electrons. The first-order valence-electron chi connectivity index (χ1n) is 5.95. The molecule has 1 aromatic rings. The minimum atomic E-state index is 0.0726. The van der Waals surface area contributed by atoms with Crippen LogP contribution in [-0.4, -0.2) is 29.6 Å². The van der Waals surface area contributed by atoms with Gasteiger partial charge in [-0.25, -0.2) is 0 Å². The molecule has 0 spiro atoms. The standard InChI is InChI=1S/C14H21NO2/c1-11-6-7-13(9-12(11)2)10-15(3)14(17)5-4-8-16/h6-7,9,16H,4-5,8,10H2,1-3H3. The van der Waals surface area contributed by atoms with Crippen LogP contribution in [0.4, 0.5) is 0 Å². The number of aliphatic hydroxyl groups excluding tert-OH is 1. The third-order valence-corrected chi connectivity index (χ3v) is 2.97. The third-order valence-electron chi connectivity index (χ3n) is 2.97. The summed E-state index contributed by atoms with van der Waals surface area (Å²) in [5, 5.41) is 8.68. The molecule has 1 rings (SSSR count). The second kappa shape index (κ2) is 6.40. The van der Waals surface area contributed by atoms with Crippen LogP contribution in [0.5, 0.6) is 0 Å². The SMILES string of the molecule is Cc1ccc(CN(C)C(=O)CCCO)cc1C. The largest absolute Gasteiger partial charge is 0.396 e. The highest BCUT2D eigenvalue weighted by Crippen LogP contribution is 2.12. The summed E-state index contributed by atoms with van der Waals surface area (Å²) >= 11 is 0. The molecule has 0 aromatic heterocycles. The van der Waals surface area contributed by atoms with Gasteiger partial charge < -0.3 is 10.0 Å². The minimum Gasteiger partial charge on any atom is -0.396 e. The zero-order valence-electron chi connectivity index (χ0n) is 10.9. The lowest BCUT2D eigenvalue weighted by Gasteiger charge is -2.17. The molecule has 1 aromatic carbocycles. The van der Waals surface area contributed by atoms with Gasteiger partial charge in [0, 0.05) is 26.6 Å². The van der Waals surface area contributed by atoms with E-state index < -0.39 is 0 Å². The van der Waals surface area contributed by atoms with Gasteiger partial charge in [0.15, 0.2) is 0 Å². The van der Waals surface area contributed by atoms with E-state index in [0.29, 0.717) is 19.4 Å². The van der Waals surface area contributed by atoms with Gasteiger partial charge in [0.25, 0.3) is 0 Å². The summed E-state index contributed by atoms with van der Waals surface area (Å²) in [4.78, 5) is 13.4. The second-order valence-electron chi connectivity index (χ2n) is 4.50. The van der Waals surface area contributed by atoms with Crippen LogP contribution in [0, 0.1) is 13.8 Å². The van der Waals surface area contributed by atoms with Gasteiger partial charge in [-0.05, 0) is 37.0 Å². The van der Waals surface area contributed by atoms with Crippen molar-refractivity contribution in [2.45, 2.75) is 33.2 Å². The van der Waals surface area contributed by atoms with Gasteiger partial charge in [0.2, 0.25) is 5.91 Å². The number of hydrogen-bond acceptors (Lipinski definition) is 2. The van der Waals surface area contributed by atoms with E-state index in [9.17, 15) is 4.79 Å². The van der Waals surface area contributed by atoms with Gasteiger partial charge in [-0.3, -0.25) is 4.79 Å². The predicted molar refractivity (Wildman–Crippen MR) is 68.7 cm³/mol. The number of aliphatic hydroxyl groups is 1. The fourth-order valence-corrected chi connectivity index (χ4v) is 1.69. The maximum atomic E-state index is 11.7. The van der Waals surface area contributed by atoms with Crippen LogP contribution in [0.2, 0.25) is 0 Å². The molecule has 0 saturated heterocycles. The number of carbonyl (C=O) groups is 1. The number of aryl methyl sites for hydroxylation is 2. The Kier molecular flexibility index (Phi) is 5.16. The lowest BCUT2D eigenvalue weighted by molar-refractivity contribution is -0.130. The predicted octanol–water partition coefficient (Wildman–Crippen LogP) is 2.03. The summed E-state index contributed by atoms with van der Waals surface area (Å²) in [5.41, 5.74) is 3.66. The monoisotopic (exact) mass is 235 g/mol. The van der Waals surface area contributed by atoms with E-state index in [1.807, 2.05) is 0 Å². The first kappa shape index (κ1) is 13.7. The quantitative estimate of drug-likeness (QED) is 0.848. The van der Waals surface area contributed by atoms with Crippen LogP contribution in [-0.2, 0) is 11.3 Å². The third kappa shape index (κ3) is 4.19. The van der Waals surface area contributed by atoms with Gasteiger partial charge in [0.05, 0.1) is 0 Å². The molecule has 0 heterocycles. The molecule has 0 saturated carbocycles. The average Bonchev–Trinajstić information content (AvgIpc) is 2.30. The molecular weight excluding hydrogens is 214 g/mol. The minimum absolute atomic E-state index is 0.0726. The molecule has 0 aliphatic heterocycles. The van der Waals surface area contributed by atoms with Crippen molar-refractivity contribution in [1.82, 2.24) is 4.90 Å². The summed E-state index contributed by atoms with van der Waals surface area (Å²) < 4.78 is 0. The maximum Gasteiger partial charge on any atom is 0.222 e. The normalized spacial score (nSPS) is 10.4. The van der Waals surface area contributed by atoms with Crippen molar-refractivity contribution in [3.05, 3.63) is 34.9 Å². The van der Waals surface area contributed by atoms with Gasteiger partial charge in [-0.1, -0.05) is 18.2 Å². The lowest BCUT2D eigenvalue weighted by atomic mass is 10.1. The van der Waals surface area contributed by atoms with Gasteiger partial charge in [-0.2, -0.15) is 0 Å². The van der Waals surface area contributed by atoms with Crippen LogP contribution in [0.15, 0.2) is 18.2 Å². The summed E-state index contributed by atoms with van der Waals surface area (Å²) in [6.07, 6.45) is 0.952. The summed E-state index contributed by atoms with van der Waals surface area (Å²) in [6, 6.07) is 6.25. The molecule has 0 atom stereocenters.